The van der Waals surface area contributed by atoms with Crippen LogP contribution in [0.2, 0.25) is 0 Å². The largest absolute Gasteiger partial charge is 0.378 e. The van der Waals surface area contributed by atoms with Crippen molar-refractivity contribution in [3.8, 4) is 0 Å². The Morgan fingerprint density at radius 2 is 1.74 bits per heavy atom. The molecule has 1 fully saturated rings. The van der Waals surface area contributed by atoms with Gasteiger partial charge in [0.25, 0.3) is 0 Å². The maximum Gasteiger partial charge on any atom is 0.242 e. The molecule has 1 aliphatic heterocycles. The van der Waals surface area contributed by atoms with Gasteiger partial charge < -0.3 is 15.0 Å². The van der Waals surface area contributed by atoms with Crippen molar-refractivity contribution in [1.29, 1.82) is 0 Å². The van der Waals surface area contributed by atoms with Gasteiger partial charge in [-0.1, -0.05) is 42.1 Å². The minimum atomic E-state index is 0.118. The summed E-state index contributed by atoms with van der Waals surface area (Å²) in [6, 6.07) is 18.3. The minimum Gasteiger partial charge on any atom is -0.378 e. The molecule has 1 heterocycles. The highest BCUT2D eigenvalue weighted by atomic mass is 32.2. The van der Waals surface area contributed by atoms with E-state index in [9.17, 15) is 4.79 Å². The second-order valence-electron chi connectivity index (χ2n) is 5.26. The third-order valence-electron chi connectivity index (χ3n) is 3.65. The van der Waals surface area contributed by atoms with Crippen LogP contribution in [0.5, 0.6) is 0 Å². The fourth-order valence-electron chi connectivity index (χ4n) is 2.41. The lowest BCUT2D eigenvalue weighted by atomic mass is 10.3. The van der Waals surface area contributed by atoms with Crippen LogP contribution in [0.25, 0.3) is 0 Å². The van der Waals surface area contributed by atoms with Gasteiger partial charge >= 0.3 is 0 Å². The molecule has 0 radical (unpaired) electrons. The number of carbonyl (C=O) groups is 1. The van der Waals surface area contributed by atoms with E-state index >= 15 is 0 Å². The van der Waals surface area contributed by atoms with Crippen LogP contribution < -0.4 is 5.32 Å². The molecule has 4 nitrogen and oxygen atoms in total. The van der Waals surface area contributed by atoms with E-state index in [1.807, 2.05) is 41.3 Å². The summed E-state index contributed by atoms with van der Waals surface area (Å²) in [7, 11) is 0. The van der Waals surface area contributed by atoms with Crippen molar-refractivity contribution >= 4 is 23.4 Å². The van der Waals surface area contributed by atoms with Crippen LogP contribution in [0, 0.1) is 0 Å². The fourth-order valence-corrected chi connectivity index (χ4v) is 3.36. The summed E-state index contributed by atoms with van der Waals surface area (Å²) >= 11 is 1.69. The first-order valence-corrected chi connectivity index (χ1v) is 8.56. The summed E-state index contributed by atoms with van der Waals surface area (Å²) in [6.07, 6.45) is 0. The number of para-hydroxylation sites is 1. The first-order chi connectivity index (χ1) is 11.3. The lowest BCUT2D eigenvalue weighted by molar-refractivity contribution is -0.133. The molecule has 120 valence electrons. The van der Waals surface area contributed by atoms with Gasteiger partial charge in [-0.15, -0.1) is 0 Å². The Bertz CT molecular complexity index is 642. The van der Waals surface area contributed by atoms with Crippen LogP contribution in [0.1, 0.15) is 0 Å². The quantitative estimate of drug-likeness (QED) is 0.916. The van der Waals surface area contributed by atoms with E-state index in [1.165, 1.54) is 4.90 Å². The molecule has 2 aromatic rings. The Kier molecular flexibility index (Phi) is 5.56. The number of morpholine rings is 1. The Balaban J connectivity index is 1.62. The van der Waals surface area contributed by atoms with Crippen LogP contribution in [-0.2, 0) is 9.53 Å². The summed E-state index contributed by atoms with van der Waals surface area (Å²) < 4.78 is 5.28. The lowest BCUT2D eigenvalue weighted by Crippen LogP contribution is -2.43. The average Bonchev–Trinajstić information content (AvgIpc) is 2.62. The first kappa shape index (κ1) is 15.9. The van der Waals surface area contributed by atoms with Crippen molar-refractivity contribution < 1.29 is 9.53 Å². The number of benzene rings is 2. The number of anilines is 1. The fraction of sp³-hybridized carbons (Fsp3) is 0.278. The van der Waals surface area contributed by atoms with Crippen molar-refractivity contribution in [2.24, 2.45) is 0 Å². The second-order valence-corrected chi connectivity index (χ2v) is 6.37. The van der Waals surface area contributed by atoms with Crippen molar-refractivity contribution in [3.63, 3.8) is 0 Å². The van der Waals surface area contributed by atoms with E-state index in [0.29, 0.717) is 32.8 Å². The number of hydrogen-bond acceptors (Lipinski definition) is 4. The van der Waals surface area contributed by atoms with Crippen LogP contribution in [0.4, 0.5) is 5.69 Å². The van der Waals surface area contributed by atoms with Gasteiger partial charge in [-0.3, -0.25) is 4.79 Å². The number of ether oxygens (including phenoxy) is 1. The number of nitrogens with one attached hydrogen (secondary N) is 1. The number of amides is 1. The first-order valence-electron chi connectivity index (χ1n) is 7.74. The SMILES string of the molecule is O=C(CNc1ccccc1Sc1ccccc1)N1CCOCC1. The van der Waals surface area contributed by atoms with E-state index in [-0.39, 0.29) is 5.91 Å². The molecule has 3 rings (SSSR count). The van der Waals surface area contributed by atoms with Crippen LogP contribution in [0.3, 0.4) is 0 Å². The van der Waals surface area contributed by atoms with Crippen molar-refractivity contribution in [1.82, 2.24) is 4.90 Å². The van der Waals surface area contributed by atoms with Crippen molar-refractivity contribution in [2.45, 2.75) is 9.79 Å². The Hall–Kier alpha value is -1.98. The number of carbonyl (C=O) groups excluding carboxylic acids is 1. The molecule has 1 saturated heterocycles. The Morgan fingerprint density at radius 3 is 2.52 bits per heavy atom. The predicted octanol–water partition coefficient (Wildman–Crippen LogP) is 3.11. The number of rotatable bonds is 5. The smallest absolute Gasteiger partial charge is 0.242 e. The molecule has 23 heavy (non-hydrogen) atoms. The maximum atomic E-state index is 12.2. The van der Waals surface area contributed by atoms with Gasteiger partial charge in [0, 0.05) is 28.6 Å². The zero-order valence-corrected chi connectivity index (χ0v) is 13.7. The lowest BCUT2D eigenvalue weighted by Gasteiger charge is -2.27. The van der Waals surface area contributed by atoms with Gasteiger partial charge in [0.15, 0.2) is 0 Å². The van der Waals surface area contributed by atoms with Gasteiger partial charge in [0.1, 0.15) is 0 Å². The highest BCUT2D eigenvalue weighted by Gasteiger charge is 2.16. The van der Waals surface area contributed by atoms with Gasteiger partial charge in [-0.05, 0) is 24.3 Å². The molecular weight excluding hydrogens is 308 g/mol. The Morgan fingerprint density at radius 1 is 1.04 bits per heavy atom. The van der Waals surface area contributed by atoms with Gasteiger partial charge in [-0.2, -0.15) is 0 Å². The van der Waals surface area contributed by atoms with E-state index in [4.69, 9.17) is 4.74 Å². The predicted molar refractivity (Wildman–Crippen MR) is 92.9 cm³/mol. The monoisotopic (exact) mass is 328 g/mol. The average molecular weight is 328 g/mol. The molecule has 1 amide bonds. The molecule has 2 aromatic carbocycles. The number of nitrogens with zero attached hydrogens (tertiary/aromatic N) is 1. The maximum absolute atomic E-state index is 12.2. The Labute approximate surface area is 140 Å². The molecule has 0 bridgehead atoms. The topological polar surface area (TPSA) is 41.6 Å². The molecule has 0 atom stereocenters. The van der Waals surface area contributed by atoms with E-state index in [2.05, 4.69) is 23.5 Å². The molecule has 0 saturated carbocycles. The minimum absolute atomic E-state index is 0.118. The number of hydrogen-bond donors (Lipinski definition) is 1. The van der Waals surface area contributed by atoms with E-state index < -0.39 is 0 Å². The van der Waals surface area contributed by atoms with E-state index in [0.717, 1.165) is 10.6 Å². The molecule has 5 heteroatoms. The standard InChI is InChI=1S/C18H20N2O2S/c21-18(20-10-12-22-13-11-20)14-19-16-8-4-5-9-17(16)23-15-6-2-1-3-7-15/h1-9,19H,10-14H2. The molecular formula is C18H20N2O2S. The third-order valence-corrected chi connectivity index (χ3v) is 4.74. The van der Waals surface area contributed by atoms with Crippen molar-refractivity contribution in [2.75, 3.05) is 38.2 Å². The van der Waals surface area contributed by atoms with Gasteiger partial charge in [0.05, 0.1) is 19.8 Å². The van der Waals surface area contributed by atoms with Crippen molar-refractivity contribution in [3.05, 3.63) is 54.6 Å². The van der Waals surface area contributed by atoms with Crippen LogP contribution >= 0.6 is 11.8 Å². The van der Waals surface area contributed by atoms with Gasteiger partial charge in [0.2, 0.25) is 5.91 Å². The summed E-state index contributed by atoms with van der Waals surface area (Å²) in [5, 5.41) is 3.28. The normalized spacial score (nSPS) is 14.5. The second kappa shape index (κ2) is 8.04. The highest BCUT2D eigenvalue weighted by molar-refractivity contribution is 7.99. The zero-order valence-electron chi connectivity index (χ0n) is 12.9. The summed E-state index contributed by atoms with van der Waals surface area (Å²) in [5.74, 6) is 0.118. The van der Waals surface area contributed by atoms with Gasteiger partial charge in [-0.25, -0.2) is 0 Å². The van der Waals surface area contributed by atoms with E-state index in [1.54, 1.807) is 11.8 Å². The summed E-state index contributed by atoms with van der Waals surface area (Å²) in [6.45, 7) is 2.94. The molecule has 0 aromatic heterocycles. The zero-order chi connectivity index (χ0) is 15.9. The molecule has 1 N–H and O–H groups in total. The summed E-state index contributed by atoms with van der Waals surface area (Å²) in [5.41, 5.74) is 0.989. The van der Waals surface area contributed by atoms with Crippen LogP contribution in [0.15, 0.2) is 64.4 Å². The highest BCUT2D eigenvalue weighted by Crippen LogP contribution is 2.33. The third kappa shape index (κ3) is 4.50. The van der Waals surface area contributed by atoms with Crippen LogP contribution in [-0.4, -0.2) is 43.7 Å². The molecule has 0 aliphatic carbocycles. The molecule has 1 aliphatic rings. The molecule has 0 spiro atoms. The molecule has 0 unspecified atom stereocenters. The summed E-state index contributed by atoms with van der Waals surface area (Å²) in [4.78, 5) is 16.4.